The van der Waals surface area contributed by atoms with Crippen LogP contribution in [0.1, 0.15) is 36.3 Å². The van der Waals surface area contributed by atoms with Crippen molar-refractivity contribution in [3.05, 3.63) is 41.9 Å². The molecule has 40 heavy (non-hydrogen) atoms. The van der Waals surface area contributed by atoms with Crippen molar-refractivity contribution >= 4 is 42.2 Å². The fourth-order valence-electron chi connectivity index (χ4n) is 4.07. The third kappa shape index (κ3) is 6.59. The minimum Gasteiger partial charge on any atom is -0.476 e. The molecule has 4 rings (SSSR count). The second kappa shape index (κ2) is 11.4. The number of hydrogen-bond acceptors (Lipinski definition) is 11. The number of pyridine rings is 1. The van der Waals surface area contributed by atoms with E-state index in [9.17, 15) is 28.3 Å². The van der Waals surface area contributed by atoms with E-state index in [-0.39, 0.29) is 29.6 Å². The van der Waals surface area contributed by atoms with Crippen LogP contribution in [0.2, 0.25) is 0 Å². The lowest BCUT2D eigenvalue weighted by molar-refractivity contribution is -0.176. The Morgan fingerprint density at radius 3 is 2.70 bits per heavy atom. The number of nitrogens with zero attached hydrogens (tertiary/aromatic N) is 7. The smallest absolute Gasteiger partial charge is 0.394 e. The van der Waals surface area contributed by atoms with Gasteiger partial charge in [0.25, 0.3) is 5.91 Å². The first-order chi connectivity index (χ1) is 18.7. The highest BCUT2D eigenvalue weighted by molar-refractivity contribution is 7.99. The molecular weight excluding hydrogens is 573 g/mol. The monoisotopic (exact) mass is 602 g/mol. The predicted molar refractivity (Wildman–Crippen MR) is 145 cm³/mol. The minimum atomic E-state index is -4.39. The molecule has 17 heteroatoms. The number of rotatable bonds is 9. The molecule has 0 radical (unpaired) electrons. The first-order valence-electron chi connectivity index (χ1n) is 12.1. The lowest BCUT2D eigenvalue weighted by Gasteiger charge is -2.32. The molecule has 1 aliphatic rings. The highest BCUT2D eigenvalue weighted by Gasteiger charge is 2.41. The quantitative estimate of drug-likeness (QED) is 0.164. The van der Waals surface area contributed by atoms with E-state index in [0.717, 1.165) is 11.4 Å². The molecule has 1 fully saturated rings. The fourth-order valence-corrected chi connectivity index (χ4v) is 5.02. The Hall–Kier alpha value is -3.15. The minimum absolute atomic E-state index is 0.0259. The second-order valence-corrected chi connectivity index (χ2v) is 11.3. The maximum absolute atomic E-state index is 13.2. The molecule has 0 aromatic carbocycles. The van der Waals surface area contributed by atoms with Crippen molar-refractivity contribution in [2.45, 2.75) is 44.3 Å². The molecule has 3 aromatic rings. The molecule has 0 bridgehead atoms. The van der Waals surface area contributed by atoms with Gasteiger partial charge in [-0.2, -0.15) is 35.4 Å². The largest absolute Gasteiger partial charge is 0.476 e. The van der Waals surface area contributed by atoms with Gasteiger partial charge in [0, 0.05) is 32.3 Å². The molecule has 3 atom stereocenters. The summed E-state index contributed by atoms with van der Waals surface area (Å²) < 4.78 is 49.8. The van der Waals surface area contributed by atoms with Crippen molar-refractivity contribution in [1.82, 2.24) is 29.3 Å². The van der Waals surface area contributed by atoms with Crippen molar-refractivity contribution < 1.29 is 33.0 Å². The SMILES string of the molecule is Cc1nn(C)cc1N(O)SNC(=O)c1ccc(-n2ccc(OCC(C)C(F)(F)F)n2)nc1N1C[C@@H](O)CC1(C)S. The number of aliphatic hydroxyl groups excluding tert-OH is 1. The Labute approximate surface area is 237 Å². The molecule has 218 valence electrons. The summed E-state index contributed by atoms with van der Waals surface area (Å²) in [6.45, 7) is 4.05. The summed E-state index contributed by atoms with van der Waals surface area (Å²) in [6, 6.07) is 4.40. The molecular formula is C23H29F3N8O4S2. The first-order valence-corrected chi connectivity index (χ1v) is 13.3. The number of aryl methyl sites for hydroxylation is 2. The molecule has 3 N–H and O–H groups in total. The van der Waals surface area contributed by atoms with Crippen LogP contribution in [0.25, 0.3) is 5.82 Å². The number of halogens is 3. The number of alkyl halides is 3. The number of amides is 1. The number of thiol groups is 1. The van der Waals surface area contributed by atoms with Crippen molar-refractivity contribution in [2.24, 2.45) is 13.0 Å². The van der Waals surface area contributed by atoms with E-state index in [1.54, 1.807) is 32.0 Å². The maximum Gasteiger partial charge on any atom is 0.394 e. The third-order valence-electron chi connectivity index (χ3n) is 6.22. The molecule has 1 amide bonds. The van der Waals surface area contributed by atoms with Gasteiger partial charge in [-0.1, -0.05) is 6.92 Å². The van der Waals surface area contributed by atoms with E-state index in [2.05, 4.69) is 32.5 Å². The van der Waals surface area contributed by atoms with Gasteiger partial charge in [-0.3, -0.25) is 19.4 Å². The number of aliphatic hydroxyl groups is 1. The van der Waals surface area contributed by atoms with E-state index >= 15 is 0 Å². The van der Waals surface area contributed by atoms with Crippen molar-refractivity contribution in [3.8, 4) is 11.7 Å². The van der Waals surface area contributed by atoms with Crippen molar-refractivity contribution in [1.29, 1.82) is 0 Å². The molecule has 1 aliphatic heterocycles. The van der Waals surface area contributed by atoms with Crippen LogP contribution >= 0.6 is 24.8 Å². The second-order valence-electron chi connectivity index (χ2n) is 9.65. The number of carbonyl (C=O) groups is 1. The van der Waals surface area contributed by atoms with Gasteiger partial charge in [0.05, 0.1) is 46.5 Å². The number of aromatic nitrogens is 5. The molecule has 12 nitrogen and oxygen atoms in total. The highest BCUT2D eigenvalue weighted by atomic mass is 32.2. The standard InChI is InChI=1S/C23H29F3N8O4S2/c1-13(23(24,25)26)12-38-19-7-8-33(29-19)18-6-5-16(20(27-18)32-10-15(35)9-22(32,3)39)21(36)30-40-34(37)17-11-31(4)28-14(17)2/h5-8,11,13,15,35,37,39H,9-10,12H2,1-4H3,(H,30,36)/t13?,15-,22?/m0/s1. The van der Waals surface area contributed by atoms with Crippen molar-refractivity contribution in [3.63, 3.8) is 0 Å². The zero-order valence-corrected chi connectivity index (χ0v) is 23.7. The van der Waals surface area contributed by atoms with Crippen LogP contribution in [0.5, 0.6) is 5.88 Å². The Morgan fingerprint density at radius 2 is 2.10 bits per heavy atom. The van der Waals surface area contributed by atoms with E-state index < -0.39 is 35.6 Å². The molecule has 0 saturated carbocycles. The number of anilines is 2. The molecule has 0 spiro atoms. The average molecular weight is 603 g/mol. The lowest BCUT2D eigenvalue weighted by Crippen LogP contribution is -2.38. The van der Waals surface area contributed by atoms with Gasteiger partial charge in [-0.25, -0.2) is 9.67 Å². The Bertz CT molecular complexity index is 1370. The molecule has 2 unspecified atom stereocenters. The van der Waals surface area contributed by atoms with Gasteiger partial charge in [-0.05, 0) is 26.0 Å². The number of nitrogens with one attached hydrogen (secondary N) is 1. The number of β-amino-alcohol motifs (C(OH)–C–C–N with tert-alkyl or cyclic N) is 1. The molecule has 3 aromatic heterocycles. The predicted octanol–water partition coefficient (Wildman–Crippen LogP) is 3.29. The number of carbonyl (C=O) groups excluding carboxylic acids is 1. The summed E-state index contributed by atoms with van der Waals surface area (Å²) in [6.07, 6.45) is -1.76. The van der Waals surface area contributed by atoms with Crippen LogP contribution in [0.4, 0.5) is 24.7 Å². The lowest BCUT2D eigenvalue weighted by atomic mass is 10.2. The van der Waals surface area contributed by atoms with Crippen LogP contribution in [-0.4, -0.2) is 71.1 Å². The summed E-state index contributed by atoms with van der Waals surface area (Å²) in [4.78, 5) is 18.7. The first kappa shape index (κ1) is 29.8. The van der Waals surface area contributed by atoms with Gasteiger partial charge >= 0.3 is 6.18 Å². The van der Waals surface area contributed by atoms with Gasteiger partial charge < -0.3 is 14.7 Å². The van der Waals surface area contributed by atoms with Crippen LogP contribution in [0.3, 0.4) is 0 Å². The molecule has 0 aliphatic carbocycles. The van der Waals surface area contributed by atoms with Crippen LogP contribution < -0.4 is 18.8 Å². The molecule has 1 saturated heterocycles. The summed E-state index contributed by atoms with van der Waals surface area (Å²) in [7, 11) is 1.70. The van der Waals surface area contributed by atoms with Crippen LogP contribution in [-0.2, 0) is 7.05 Å². The summed E-state index contributed by atoms with van der Waals surface area (Å²) >= 11 is 5.30. The van der Waals surface area contributed by atoms with E-state index in [1.807, 2.05) is 0 Å². The fraction of sp³-hybridized carbons (Fsp3) is 0.478. The van der Waals surface area contributed by atoms with Gasteiger partial charge in [-0.15, -0.1) is 5.10 Å². The zero-order chi connectivity index (χ0) is 29.4. The number of ether oxygens (including phenoxy) is 1. The van der Waals surface area contributed by atoms with Gasteiger partial charge in [0.1, 0.15) is 18.1 Å². The zero-order valence-electron chi connectivity index (χ0n) is 22.0. The van der Waals surface area contributed by atoms with Gasteiger partial charge in [0.15, 0.2) is 5.82 Å². The third-order valence-corrected chi connectivity index (χ3v) is 7.29. The average Bonchev–Trinajstić information content (AvgIpc) is 3.55. The van der Waals surface area contributed by atoms with Crippen molar-refractivity contribution in [2.75, 3.05) is 22.5 Å². The van der Waals surface area contributed by atoms with E-state index in [4.69, 9.17) is 4.74 Å². The molecule has 4 heterocycles. The maximum atomic E-state index is 13.2. The highest BCUT2D eigenvalue weighted by Crippen LogP contribution is 2.38. The Kier molecular flexibility index (Phi) is 8.49. The Balaban J connectivity index is 1.58. The van der Waals surface area contributed by atoms with E-state index in [0.29, 0.717) is 29.9 Å². The topological polar surface area (TPSA) is 134 Å². The van der Waals surface area contributed by atoms with E-state index in [1.165, 1.54) is 33.8 Å². The van der Waals surface area contributed by atoms with Crippen LogP contribution in [0, 0.1) is 12.8 Å². The summed E-state index contributed by atoms with van der Waals surface area (Å²) in [5.41, 5.74) is 1.06. The normalized spacial score (nSPS) is 20.1. The van der Waals surface area contributed by atoms with Crippen LogP contribution in [0.15, 0.2) is 30.6 Å². The summed E-state index contributed by atoms with van der Waals surface area (Å²) in [5.74, 6) is -1.85. The number of hydrogen-bond donors (Lipinski definition) is 4. The van der Waals surface area contributed by atoms with Gasteiger partial charge in [0.2, 0.25) is 5.88 Å². The Morgan fingerprint density at radius 1 is 1.38 bits per heavy atom. The summed E-state index contributed by atoms with van der Waals surface area (Å²) in [5, 5.41) is 29.0.